The third kappa shape index (κ3) is 0.998. The molecule has 0 unspecified atom stereocenters. The van der Waals surface area contributed by atoms with E-state index in [1.54, 1.807) is 6.92 Å². The van der Waals surface area contributed by atoms with E-state index < -0.39 is 5.43 Å². The molecule has 0 amide bonds. The number of aromatic amines is 1. The summed E-state index contributed by atoms with van der Waals surface area (Å²) in [5, 5.41) is 8.84. The van der Waals surface area contributed by atoms with Crippen molar-refractivity contribution >= 4 is 11.6 Å². The molecule has 3 nitrogen and oxygen atoms in total. The Kier molecular flexibility index (Phi) is 1.68. The summed E-state index contributed by atoms with van der Waals surface area (Å²) < 4.78 is 0. The minimum atomic E-state index is -0.530. The first kappa shape index (κ1) is 7.15. The Labute approximate surface area is 62.3 Å². The maximum Gasteiger partial charge on any atom is 0.241 e. The molecule has 1 aromatic heterocycles. The Morgan fingerprint density at radius 1 is 1.70 bits per heavy atom. The van der Waals surface area contributed by atoms with Gasteiger partial charge in [-0.05, 0) is 6.92 Å². The number of hydrogen-bond acceptors (Lipinski definition) is 2. The lowest BCUT2D eigenvalue weighted by molar-refractivity contribution is 0.467. The normalized spacial score (nSPS) is 9.80. The van der Waals surface area contributed by atoms with Crippen molar-refractivity contribution in [2.45, 2.75) is 6.92 Å². The van der Waals surface area contributed by atoms with E-state index in [1.807, 2.05) is 0 Å². The fourth-order valence-corrected chi connectivity index (χ4v) is 0.740. The highest BCUT2D eigenvalue weighted by Gasteiger charge is 2.03. The van der Waals surface area contributed by atoms with E-state index in [-0.39, 0.29) is 10.8 Å². The monoisotopic (exact) mass is 159 g/mol. The summed E-state index contributed by atoms with van der Waals surface area (Å²) in [5.41, 5.74) is 0.0300. The minimum absolute atomic E-state index is 0.0417. The van der Waals surface area contributed by atoms with E-state index in [0.29, 0.717) is 5.69 Å². The van der Waals surface area contributed by atoms with Gasteiger partial charge in [-0.2, -0.15) is 0 Å². The summed E-state index contributed by atoms with van der Waals surface area (Å²) >= 11 is 5.48. The predicted molar refractivity (Wildman–Crippen MR) is 38.5 cm³/mol. The van der Waals surface area contributed by atoms with Crippen molar-refractivity contribution in [2.24, 2.45) is 0 Å². The molecule has 0 aliphatic carbocycles. The van der Waals surface area contributed by atoms with Gasteiger partial charge in [-0.15, -0.1) is 0 Å². The number of halogens is 1. The van der Waals surface area contributed by atoms with E-state index in [2.05, 4.69) is 4.98 Å². The standard InChI is InChI=1S/C6H6ClNO2/c1-3-5(7)6(10)4(9)2-8-3/h2,9H,1H3,(H,8,10). The molecular formula is C6H6ClNO2. The second kappa shape index (κ2) is 2.34. The van der Waals surface area contributed by atoms with Gasteiger partial charge >= 0.3 is 0 Å². The predicted octanol–water partition coefficient (Wildman–Crippen LogP) is 1.04. The lowest BCUT2D eigenvalue weighted by Gasteiger charge is -1.95. The third-order valence-corrected chi connectivity index (χ3v) is 1.64. The molecule has 0 aliphatic rings. The zero-order valence-electron chi connectivity index (χ0n) is 5.31. The number of aromatic nitrogens is 1. The molecule has 0 saturated carbocycles. The van der Waals surface area contributed by atoms with Crippen molar-refractivity contribution in [3.05, 3.63) is 27.1 Å². The highest BCUT2D eigenvalue weighted by molar-refractivity contribution is 6.31. The van der Waals surface area contributed by atoms with E-state index in [1.165, 1.54) is 6.20 Å². The summed E-state index contributed by atoms with van der Waals surface area (Å²) in [6.45, 7) is 1.66. The maximum atomic E-state index is 10.8. The zero-order chi connectivity index (χ0) is 7.72. The molecule has 0 spiro atoms. The lowest BCUT2D eigenvalue weighted by atomic mass is 10.3. The highest BCUT2D eigenvalue weighted by atomic mass is 35.5. The number of aryl methyl sites for hydroxylation is 1. The molecule has 0 atom stereocenters. The Morgan fingerprint density at radius 2 is 2.30 bits per heavy atom. The first-order valence-corrected chi connectivity index (χ1v) is 3.07. The van der Waals surface area contributed by atoms with Crippen LogP contribution in [0, 0.1) is 6.92 Å². The molecule has 1 rings (SSSR count). The Balaban J connectivity index is 3.50. The lowest BCUT2D eigenvalue weighted by Crippen LogP contribution is -2.03. The second-order valence-corrected chi connectivity index (χ2v) is 2.32. The van der Waals surface area contributed by atoms with Crippen LogP contribution in [0.5, 0.6) is 5.75 Å². The summed E-state index contributed by atoms with van der Waals surface area (Å²) in [6.07, 6.45) is 1.21. The molecule has 0 saturated heterocycles. The van der Waals surface area contributed by atoms with Gasteiger partial charge in [0.05, 0.1) is 0 Å². The summed E-state index contributed by atoms with van der Waals surface area (Å²) in [5.74, 6) is -0.351. The molecule has 0 aliphatic heterocycles. The van der Waals surface area contributed by atoms with Crippen molar-refractivity contribution < 1.29 is 5.11 Å². The summed E-state index contributed by atoms with van der Waals surface area (Å²) in [6, 6.07) is 0. The van der Waals surface area contributed by atoms with Crippen LogP contribution in [0.1, 0.15) is 5.69 Å². The van der Waals surface area contributed by atoms with Crippen molar-refractivity contribution in [2.75, 3.05) is 0 Å². The van der Waals surface area contributed by atoms with Crippen molar-refractivity contribution in [3.8, 4) is 5.75 Å². The molecule has 2 N–H and O–H groups in total. The summed E-state index contributed by atoms with van der Waals surface area (Å²) in [4.78, 5) is 13.4. The van der Waals surface area contributed by atoms with Gasteiger partial charge in [-0.25, -0.2) is 0 Å². The SMILES string of the molecule is Cc1[nH]cc(O)c(=O)c1Cl. The highest BCUT2D eigenvalue weighted by Crippen LogP contribution is 2.09. The molecule has 4 heteroatoms. The number of pyridine rings is 1. The second-order valence-electron chi connectivity index (χ2n) is 1.94. The molecule has 0 aromatic carbocycles. The van der Waals surface area contributed by atoms with E-state index in [9.17, 15) is 4.79 Å². The quantitative estimate of drug-likeness (QED) is 0.595. The van der Waals surface area contributed by atoms with Crippen LogP contribution < -0.4 is 5.43 Å². The Bertz CT molecular complexity index is 305. The van der Waals surface area contributed by atoms with Gasteiger partial charge in [-0.1, -0.05) is 11.6 Å². The first-order valence-electron chi connectivity index (χ1n) is 2.69. The maximum absolute atomic E-state index is 10.8. The first-order chi connectivity index (χ1) is 4.63. The molecular weight excluding hydrogens is 154 g/mol. The van der Waals surface area contributed by atoms with Gasteiger partial charge in [-0.3, -0.25) is 4.79 Å². The smallest absolute Gasteiger partial charge is 0.241 e. The number of nitrogens with one attached hydrogen (secondary N) is 1. The van der Waals surface area contributed by atoms with Crippen LogP contribution >= 0.6 is 11.6 Å². The summed E-state index contributed by atoms with van der Waals surface area (Å²) in [7, 11) is 0. The van der Waals surface area contributed by atoms with Crippen LogP contribution in [0.15, 0.2) is 11.0 Å². The van der Waals surface area contributed by atoms with Crippen molar-refractivity contribution in [3.63, 3.8) is 0 Å². The molecule has 0 bridgehead atoms. The van der Waals surface area contributed by atoms with E-state index in [4.69, 9.17) is 16.7 Å². The van der Waals surface area contributed by atoms with Crippen molar-refractivity contribution in [1.29, 1.82) is 0 Å². The molecule has 0 radical (unpaired) electrons. The molecule has 54 valence electrons. The van der Waals surface area contributed by atoms with Crippen LogP contribution in [0.2, 0.25) is 5.02 Å². The topological polar surface area (TPSA) is 53.1 Å². The van der Waals surface area contributed by atoms with Crippen LogP contribution in [0.25, 0.3) is 0 Å². The molecule has 1 aromatic rings. The largest absolute Gasteiger partial charge is 0.503 e. The molecule has 10 heavy (non-hydrogen) atoms. The van der Waals surface area contributed by atoms with Crippen LogP contribution in [-0.4, -0.2) is 10.1 Å². The van der Waals surface area contributed by atoms with Crippen molar-refractivity contribution in [1.82, 2.24) is 4.98 Å². The Morgan fingerprint density at radius 3 is 2.80 bits per heavy atom. The van der Waals surface area contributed by atoms with Gasteiger partial charge in [0.15, 0.2) is 5.75 Å². The number of aromatic hydroxyl groups is 1. The van der Waals surface area contributed by atoms with Gasteiger partial charge in [0, 0.05) is 11.9 Å². The average Bonchev–Trinajstić information content (AvgIpc) is 1.93. The number of hydrogen-bond donors (Lipinski definition) is 2. The fraction of sp³-hybridized carbons (Fsp3) is 0.167. The third-order valence-electron chi connectivity index (χ3n) is 1.19. The number of rotatable bonds is 0. The van der Waals surface area contributed by atoms with Gasteiger partial charge in [0.2, 0.25) is 5.43 Å². The Hall–Kier alpha value is -0.960. The van der Waals surface area contributed by atoms with Gasteiger partial charge in [0.1, 0.15) is 5.02 Å². The fourth-order valence-electron chi connectivity index (χ4n) is 0.588. The molecule has 1 heterocycles. The van der Waals surface area contributed by atoms with Gasteiger partial charge < -0.3 is 10.1 Å². The van der Waals surface area contributed by atoms with Crippen LogP contribution in [-0.2, 0) is 0 Å². The van der Waals surface area contributed by atoms with E-state index in [0.717, 1.165) is 0 Å². The average molecular weight is 160 g/mol. The van der Waals surface area contributed by atoms with Crippen LogP contribution in [0.3, 0.4) is 0 Å². The van der Waals surface area contributed by atoms with Crippen LogP contribution in [0.4, 0.5) is 0 Å². The van der Waals surface area contributed by atoms with Gasteiger partial charge in [0.25, 0.3) is 0 Å². The molecule has 0 fully saturated rings. The zero-order valence-corrected chi connectivity index (χ0v) is 6.07. The number of H-pyrrole nitrogens is 1. The van der Waals surface area contributed by atoms with E-state index >= 15 is 0 Å². The minimum Gasteiger partial charge on any atom is -0.503 e.